The highest BCUT2D eigenvalue weighted by atomic mass is 16.3. The van der Waals surface area contributed by atoms with Crippen LogP contribution >= 0.6 is 0 Å². The van der Waals surface area contributed by atoms with E-state index in [1.165, 1.54) is 50.1 Å². The lowest BCUT2D eigenvalue weighted by atomic mass is 9.79. The van der Waals surface area contributed by atoms with E-state index in [0.29, 0.717) is 5.92 Å². The number of benzene rings is 9. The fourth-order valence-electron chi connectivity index (χ4n) is 13.8. The smallest absolute Gasteiger partial charge is 0.137 e. The van der Waals surface area contributed by atoms with E-state index in [-0.39, 0.29) is 21.7 Å². The Morgan fingerprint density at radius 1 is 0.392 bits per heavy atom. The lowest BCUT2D eigenvalue weighted by Gasteiger charge is -2.29. The summed E-state index contributed by atoms with van der Waals surface area (Å²) in [6.07, 6.45) is 7.94. The van der Waals surface area contributed by atoms with Crippen LogP contribution in [0.5, 0.6) is 0 Å². The molecule has 388 valence electrons. The lowest BCUT2D eigenvalue weighted by Crippen LogP contribution is -2.18. The van der Waals surface area contributed by atoms with Crippen LogP contribution < -0.4 is 9.80 Å². The van der Waals surface area contributed by atoms with Gasteiger partial charge in [0.05, 0.1) is 0 Å². The van der Waals surface area contributed by atoms with Gasteiger partial charge in [0.25, 0.3) is 0 Å². The van der Waals surface area contributed by atoms with Crippen molar-refractivity contribution in [1.29, 1.82) is 0 Å². The first-order chi connectivity index (χ1) is 37.9. The number of fused-ring (bicyclic) bond motifs is 15. The molecule has 1 unspecified atom stereocenters. The number of hydrogen-bond acceptors (Lipinski definition) is 5. The van der Waals surface area contributed by atoms with E-state index in [4.69, 9.17) is 13.3 Å². The van der Waals surface area contributed by atoms with Gasteiger partial charge in [-0.05, 0) is 159 Å². The number of allylic oxidation sites excluding steroid dienone is 4. The molecule has 3 aliphatic carbocycles. The van der Waals surface area contributed by atoms with Crippen molar-refractivity contribution in [1.82, 2.24) is 0 Å². The Labute approximate surface area is 462 Å². The van der Waals surface area contributed by atoms with Crippen LogP contribution in [0.1, 0.15) is 115 Å². The first kappa shape index (κ1) is 47.7. The van der Waals surface area contributed by atoms with Crippen LogP contribution in [0.15, 0.2) is 207 Å². The summed E-state index contributed by atoms with van der Waals surface area (Å²) in [5, 5.41) is 6.11. The second kappa shape index (κ2) is 16.5. The molecule has 3 aromatic heterocycles. The number of hydrogen-bond donors (Lipinski definition) is 0. The van der Waals surface area contributed by atoms with Crippen molar-refractivity contribution in [2.45, 2.75) is 103 Å². The highest BCUT2D eigenvalue weighted by Gasteiger charge is 2.42. The maximum Gasteiger partial charge on any atom is 0.137 e. The summed E-state index contributed by atoms with van der Waals surface area (Å²) < 4.78 is 20.5. The fraction of sp³-hybridized carbons (Fsp3) is 0.216. The van der Waals surface area contributed by atoms with Crippen LogP contribution in [-0.4, -0.2) is 0 Å². The van der Waals surface area contributed by atoms with Gasteiger partial charge in [-0.1, -0.05) is 154 Å². The highest BCUT2D eigenvalue weighted by Crippen LogP contribution is 2.55. The van der Waals surface area contributed by atoms with Gasteiger partial charge in [-0.3, -0.25) is 0 Å². The van der Waals surface area contributed by atoms with E-state index in [1.807, 2.05) is 0 Å². The molecule has 5 heteroatoms. The normalized spacial score (nSPS) is 16.3. The summed E-state index contributed by atoms with van der Waals surface area (Å²) in [5.41, 5.74) is 23.5. The molecule has 3 aliphatic rings. The third-order valence-electron chi connectivity index (χ3n) is 18.2. The van der Waals surface area contributed by atoms with Crippen molar-refractivity contribution in [2.75, 3.05) is 9.80 Å². The van der Waals surface area contributed by atoms with Crippen molar-refractivity contribution in [3.05, 3.63) is 227 Å². The van der Waals surface area contributed by atoms with Crippen molar-refractivity contribution in [2.24, 2.45) is 0 Å². The third-order valence-corrected chi connectivity index (χ3v) is 18.2. The van der Waals surface area contributed by atoms with Crippen molar-refractivity contribution in [3.8, 4) is 11.1 Å². The molecule has 3 heterocycles. The molecule has 0 bridgehead atoms. The number of nitrogens with zero attached hydrogens (tertiary/aromatic N) is 2. The predicted octanol–water partition coefficient (Wildman–Crippen LogP) is 21.5. The fourth-order valence-corrected chi connectivity index (χ4v) is 13.8. The standard InChI is InChI=1S/C74H64N2O3/c1-71(2,3)43-19-23-45(24-20-43)75(47-27-31-53-51-15-11-13-17-61(51)73(7,8)63(53)35-47)49-29-33-55-57-39-69-59(41-67(57)77-65(55)37-49)60-42-68-58(40-70(60)79-69)56-34-30-50(38-66(56)78-68)76(46-25-21-44(22-26-46)72(4,5)6)48-28-32-54-52-16-12-14-18-62(52)74(9,10)64(54)36-48/h11-15,17-42,52H,16H2,1-10H3. The summed E-state index contributed by atoms with van der Waals surface area (Å²) in [7, 11) is 0. The van der Waals surface area contributed by atoms with Gasteiger partial charge < -0.3 is 23.1 Å². The highest BCUT2D eigenvalue weighted by molar-refractivity contribution is 6.19. The average molecular weight is 1030 g/mol. The molecule has 79 heavy (non-hydrogen) atoms. The minimum absolute atomic E-state index is 0.0345. The maximum absolute atomic E-state index is 6.88. The van der Waals surface area contributed by atoms with Crippen molar-refractivity contribution >= 4 is 99.9 Å². The first-order valence-electron chi connectivity index (χ1n) is 28.1. The third kappa shape index (κ3) is 7.20. The Morgan fingerprint density at radius 3 is 1.33 bits per heavy atom. The molecule has 9 aromatic carbocycles. The first-order valence-corrected chi connectivity index (χ1v) is 28.1. The van der Waals surface area contributed by atoms with Crippen molar-refractivity contribution < 1.29 is 13.3 Å². The van der Waals surface area contributed by atoms with E-state index in [1.54, 1.807) is 0 Å². The molecule has 0 fully saturated rings. The van der Waals surface area contributed by atoms with Crippen LogP contribution in [0, 0.1) is 0 Å². The lowest BCUT2D eigenvalue weighted by molar-refractivity contribution is 0.590. The molecule has 1 atom stereocenters. The largest absolute Gasteiger partial charge is 0.456 e. The number of anilines is 6. The van der Waals surface area contributed by atoms with Crippen LogP contribution in [0.2, 0.25) is 0 Å². The SMILES string of the molecule is CC(C)(C)c1ccc(N(c2ccc3c(c2)C(C)(C)C2=CC=CCC23)c2ccc3c(c2)oc2cc4c(cc23)oc2cc3c(cc24)oc2cc(N(c4ccc(C(C)(C)C)cc4)c4ccc5c(c4)C(C)(C)c4ccccc4-5)ccc23)cc1. The molecule has 5 nitrogen and oxygen atoms in total. The molecule has 0 amide bonds. The number of rotatable bonds is 6. The molecule has 15 rings (SSSR count). The summed E-state index contributed by atoms with van der Waals surface area (Å²) in [6.45, 7) is 23.1. The van der Waals surface area contributed by atoms with Crippen LogP contribution in [0.4, 0.5) is 34.1 Å². The van der Waals surface area contributed by atoms with Gasteiger partial charge in [0, 0.05) is 95.3 Å². The van der Waals surface area contributed by atoms with Gasteiger partial charge >= 0.3 is 0 Å². The second-order valence-corrected chi connectivity index (χ2v) is 25.8. The molecule has 0 aliphatic heterocycles. The quantitative estimate of drug-likeness (QED) is 0.166. The van der Waals surface area contributed by atoms with Gasteiger partial charge in [0.2, 0.25) is 0 Å². The molecular formula is C74H64N2O3. The minimum atomic E-state index is -0.133. The maximum atomic E-state index is 6.88. The van der Waals surface area contributed by atoms with E-state index >= 15 is 0 Å². The van der Waals surface area contributed by atoms with Crippen LogP contribution in [0.25, 0.3) is 76.9 Å². The summed E-state index contributed by atoms with van der Waals surface area (Å²) in [5.74, 6) is 0.430. The zero-order valence-corrected chi connectivity index (χ0v) is 46.8. The zero-order chi connectivity index (χ0) is 54.1. The average Bonchev–Trinajstić information content (AvgIpc) is 4.22. The van der Waals surface area contributed by atoms with Gasteiger partial charge in [-0.25, -0.2) is 0 Å². The topological polar surface area (TPSA) is 45.9 Å². The van der Waals surface area contributed by atoms with Gasteiger partial charge in [-0.2, -0.15) is 0 Å². The van der Waals surface area contributed by atoms with Crippen molar-refractivity contribution in [3.63, 3.8) is 0 Å². The summed E-state index contributed by atoms with van der Waals surface area (Å²) in [4.78, 5) is 4.76. The van der Waals surface area contributed by atoms with E-state index in [9.17, 15) is 0 Å². The van der Waals surface area contributed by atoms with E-state index in [2.05, 4.69) is 267 Å². The monoisotopic (exact) mass is 1030 g/mol. The van der Waals surface area contributed by atoms with E-state index in [0.717, 1.165) is 106 Å². The summed E-state index contributed by atoms with van der Waals surface area (Å²) >= 11 is 0. The molecule has 0 radical (unpaired) electrons. The molecule has 0 saturated carbocycles. The molecular weight excluding hydrogens is 965 g/mol. The zero-order valence-electron chi connectivity index (χ0n) is 46.8. The second-order valence-electron chi connectivity index (χ2n) is 25.8. The molecule has 12 aromatic rings. The summed E-state index contributed by atoms with van der Waals surface area (Å²) in [6, 6.07) is 62.9. The predicted molar refractivity (Wildman–Crippen MR) is 330 cm³/mol. The Morgan fingerprint density at radius 2 is 0.810 bits per heavy atom. The van der Waals surface area contributed by atoms with E-state index < -0.39 is 0 Å². The van der Waals surface area contributed by atoms with Crippen LogP contribution in [0.3, 0.4) is 0 Å². The Hall–Kier alpha value is -8.54. The Balaban J connectivity index is 0.815. The van der Waals surface area contributed by atoms with Gasteiger partial charge in [-0.15, -0.1) is 0 Å². The van der Waals surface area contributed by atoms with Crippen LogP contribution in [-0.2, 0) is 21.7 Å². The van der Waals surface area contributed by atoms with Gasteiger partial charge in [0.1, 0.15) is 33.5 Å². The van der Waals surface area contributed by atoms with Gasteiger partial charge in [0.15, 0.2) is 0 Å². The number of furan rings is 3. The molecule has 0 N–H and O–H groups in total. The minimum Gasteiger partial charge on any atom is -0.456 e. The molecule has 0 spiro atoms. The molecule has 0 saturated heterocycles. The Kier molecular flexibility index (Phi) is 9.95. The Bertz CT molecular complexity index is 4590.